The fraction of sp³-hybridized carbons (Fsp3) is 0.0588. The average molecular weight is 408 g/mol. The van der Waals surface area contributed by atoms with E-state index in [1.165, 1.54) is 18.2 Å². The molecule has 0 spiro atoms. The summed E-state index contributed by atoms with van der Waals surface area (Å²) in [7, 11) is 0. The van der Waals surface area contributed by atoms with Crippen LogP contribution in [-0.2, 0) is 11.3 Å². The smallest absolute Gasteiger partial charge is 0.293 e. The van der Waals surface area contributed by atoms with E-state index in [1.54, 1.807) is 30.3 Å². The van der Waals surface area contributed by atoms with Gasteiger partial charge in [0, 0.05) is 0 Å². The summed E-state index contributed by atoms with van der Waals surface area (Å²) in [6.07, 6.45) is 1.60. The molecule has 2 aromatic rings. The van der Waals surface area contributed by atoms with Gasteiger partial charge in [-0.2, -0.15) is 0 Å². The minimum Gasteiger partial charge on any atom is -0.507 e. The van der Waals surface area contributed by atoms with Crippen molar-refractivity contribution in [2.45, 2.75) is 6.54 Å². The summed E-state index contributed by atoms with van der Waals surface area (Å²) in [4.78, 5) is 25.9. The van der Waals surface area contributed by atoms with Crippen LogP contribution in [0.4, 0.5) is 9.18 Å². The molecular formula is C17H11BrFNO3S. The van der Waals surface area contributed by atoms with Crippen molar-refractivity contribution >= 4 is 44.9 Å². The van der Waals surface area contributed by atoms with Crippen LogP contribution >= 0.6 is 27.7 Å². The highest BCUT2D eigenvalue weighted by molar-refractivity contribution is 9.10. The molecule has 2 aromatic carbocycles. The molecule has 1 aliphatic rings. The molecule has 24 heavy (non-hydrogen) atoms. The first-order valence-electron chi connectivity index (χ1n) is 6.92. The van der Waals surface area contributed by atoms with Crippen LogP contribution in [0.5, 0.6) is 5.75 Å². The van der Waals surface area contributed by atoms with Gasteiger partial charge in [0.2, 0.25) is 0 Å². The molecule has 0 atom stereocenters. The van der Waals surface area contributed by atoms with Crippen molar-refractivity contribution in [1.29, 1.82) is 0 Å². The lowest BCUT2D eigenvalue weighted by Crippen LogP contribution is -2.27. The Labute approximate surface area is 150 Å². The summed E-state index contributed by atoms with van der Waals surface area (Å²) in [5.74, 6) is -0.666. The molecule has 0 aromatic heterocycles. The number of imide groups is 1. The molecule has 1 heterocycles. The summed E-state index contributed by atoms with van der Waals surface area (Å²) < 4.78 is 13.4. The number of carbonyl (C=O) groups is 2. The van der Waals surface area contributed by atoms with Crippen LogP contribution in [0.3, 0.4) is 0 Å². The highest BCUT2D eigenvalue weighted by atomic mass is 79.9. The van der Waals surface area contributed by atoms with Crippen LogP contribution < -0.4 is 0 Å². The number of phenolic OH excluding ortho intramolecular Hbond substituents is 1. The van der Waals surface area contributed by atoms with Crippen LogP contribution in [0.2, 0.25) is 0 Å². The van der Waals surface area contributed by atoms with E-state index in [9.17, 15) is 19.1 Å². The van der Waals surface area contributed by atoms with E-state index in [0.29, 0.717) is 20.5 Å². The van der Waals surface area contributed by atoms with Gasteiger partial charge in [0.25, 0.3) is 11.1 Å². The third-order valence-electron chi connectivity index (χ3n) is 3.40. The number of benzene rings is 2. The SMILES string of the molecule is O=C1S/C(=C/c2ccc(O)c(Br)c2)C(=O)N1Cc1ccc(F)cc1. The van der Waals surface area contributed by atoms with Crippen molar-refractivity contribution in [1.82, 2.24) is 4.90 Å². The van der Waals surface area contributed by atoms with Gasteiger partial charge in [0.05, 0.1) is 15.9 Å². The Bertz CT molecular complexity index is 851. The lowest BCUT2D eigenvalue weighted by molar-refractivity contribution is -0.123. The van der Waals surface area contributed by atoms with Gasteiger partial charge in [-0.3, -0.25) is 14.5 Å². The Hall–Kier alpha value is -2.12. The van der Waals surface area contributed by atoms with Crippen molar-refractivity contribution in [3.8, 4) is 5.75 Å². The van der Waals surface area contributed by atoms with Gasteiger partial charge < -0.3 is 5.11 Å². The second kappa shape index (κ2) is 6.78. The van der Waals surface area contributed by atoms with E-state index < -0.39 is 5.91 Å². The first-order valence-corrected chi connectivity index (χ1v) is 8.53. The Morgan fingerprint density at radius 2 is 1.88 bits per heavy atom. The van der Waals surface area contributed by atoms with Crippen LogP contribution in [-0.4, -0.2) is 21.2 Å². The molecule has 1 N–H and O–H groups in total. The predicted octanol–water partition coefficient (Wildman–Crippen LogP) is 4.53. The molecule has 2 amide bonds. The molecule has 3 rings (SSSR count). The molecule has 0 bridgehead atoms. The number of hydrogen-bond donors (Lipinski definition) is 1. The van der Waals surface area contributed by atoms with Crippen LogP contribution in [0.15, 0.2) is 51.8 Å². The van der Waals surface area contributed by atoms with E-state index in [4.69, 9.17) is 0 Å². The topological polar surface area (TPSA) is 57.6 Å². The molecule has 1 aliphatic heterocycles. The molecule has 122 valence electrons. The van der Waals surface area contributed by atoms with Gasteiger partial charge in [-0.1, -0.05) is 18.2 Å². The Kier molecular flexibility index (Phi) is 4.73. The zero-order valence-corrected chi connectivity index (χ0v) is 14.6. The Balaban J connectivity index is 1.81. The number of hydrogen-bond acceptors (Lipinski definition) is 4. The van der Waals surface area contributed by atoms with Crippen LogP contribution in [0.1, 0.15) is 11.1 Å². The normalized spacial score (nSPS) is 16.2. The fourth-order valence-electron chi connectivity index (χ4n) is 2.17. The maximum Gasteiger partial charge on any atom is 0.293 e. The highest BCUT2D eigenvalue weighted by Crippen LogP contribution is 2.34. The van der Waals surface area contributed by atoms with Gasteiger partial charge in [-0.05, 0) is 69.2 Å². The number of phenols is 1. The summed E-state index contributed by atoms with van der Waals surface area (Å²) >= 11 is 4.06. The van der Waals surface area contributed by atoms with Crippen molar-refractivity contribution in [2.24, 2.45) is 0 Å². The van der Waals surface area contributed by atoms with Crippen molar-refractivity contribution in [3.63, 3.8) is 0 Å². The van der Waals surface area contributed by atoms with E-state index in [0.717, 1.165) is 16.7 Å². The highest BCUT2D eigenvalue weighted by Gasteiger charge is 2.34. The maximum atomic E-state index is 12.9. The molecule has 7 heteroatoms. The summed E-state index contributed by atoms with van der Waals surface area (Å²) in [5, 5.41) is 9.13. The molecular weight excluding hydrogens is 397 g/mol. The summed E-state index contributed by atoms with van der Waals surface area (Å²) in [6, 6.07) is 10.5. The average Bonchev–Trinajstić information content (AvgIpc) is 2.80. The van der Waals surface area contributed by atoms with E-state index in [2.05, 4.69) is 15.9 Å². The van der Waals surface area contributed by atoms with Crippen LogP contribution in [0.25, 0.3) is 6.08 Å². The maximum absolute atomic E-state index is 12.9. The van der Waals surface area contributed by atoms with Crippen molar-refractivity contribution in [2.75, 3.05) is 0 Å². The minimum absolute atomic E-state index is 0.0940. The molecule has 0 radical (unpaired) electrons. The molecule has 4 nitrogen and oxygen atoms in total. The molecule has 0 unspecified atom stereocenters. The summed E-state index contributed by atoms with van der Waals surface area (Å²) in [5.41, 5.74) is 1.36. The number of rotatable bonds is 3. The van der Waals surface area contributed by atoms with E-state index >= 15 is 0 Å². The van der Waals surface area contributed by atoms with Gasteiger partial charge in [0.1, 0.15) is 11.6 Å². The number of nitrogens with zero attached hydrogens (tertiary/aromatic N) is 1. The van der Waals surface area contributed by atoms with E-state index in [1.807, 2.05) is 0 Å². The lowest BCUT2D eigenvalue weighted by atomic mass is 10.2. The van der Waals surface area contributed by atoms with E-state index in [-0.39, 0.29) is 23.4 Å². The standard InChI is InChI=1S/C17H11BrFNO3S/c18-13-7-11(3-6-14(13)21)8-15-16(22)20(17(23)24-15)9-10-1-4-12(19)5-2-10/h1-8,21H,9H2/b15-8+. The number of amides is 2. The Morgan fingerprint density at radius 3 is 2.54 bits per heavy atom. The number of carbonyl (C=O) groups excluding carboxylic acids is 2. The molecule has 1 saturated heterocycles. The third kappa shape index (κ3) is 3.52. The van der Waals surface area contributed by atoms with Crippen molar-refractivity contribution < 1.29 is 19.1 Å². The predicted molar refractivity (Wildman–Crippen MR) is 93.7 cm³/mol. The lowest BCUT2D eigenvalue weighted by Gasteiger charge is -2.12. The zero-order valence-electron chi connectivity index (χ0n) is 12.2. The molecule has 1 fully saturated rings. The van der Waals surface area contributed by atoms with Crippen LogP contribution in [0, 0.1) is 5.82 Å². The zero-order chi connectivity index (χ0) is 17.3. The minimum atomic E-state index is -0.390. The van der Waals surface area contributed by atoms with Gasteiger partial charge in [-0.15, -0.1) is 0 Å². The quantitative estimate of drug-likeness (QED) is 0.759. The second-order valence-corrected chi connectivity index (χ2v) is 6.95. The number of thioether (sulfide) groups is 1. The fourth-order valence-corrected chi connectivity index (χ4v) is 3.41. The van der Waals surface area contributed by atoms with Gasteiger partial charge >= 0.3 is 0 Å². The van der Waals surface area contributed by atoms with Gasteiger partial charge in [0.15, 0.2) is 0 Å². The van der Waals surface area contributed by atoms with Gasteiger partial charge in [-0.25, -0.2) is 4.39 Å². The summed E-state index contributed by atoms with van der Waals surface area (Å²) in [6.45, 7) is 0.0988. The van der Waals surface area contributed by atoms with Crippen molar-refractivity contribution in [3.05, 3.63) is 68.8 Å². The first kappa shape index (κ1) is 16.7. The first-order chi connectivity index (χ1) is 11.4. The number of halogens is 2. The molecule has 0 aliphatic carbocycles. The monoisotopic (exact) mass is 407 g/mol. The Morgan fingerprint density at radius 1 is 1.17 bits per heavy atom. The number of aromatic hydroxyl groups is 1. The third-order valence-corrected chi connectivity index (χ3v) is 4.94. The largest absolute Gasteiger partial charge is 0.507 e. The second-order valence-electron chi connectivity index (χ2n) is 5.11. The molecule has 0 saturated carbocycles.